The smallest absolute Gasteiger partial charge is 0.287 e. The van der Waals surface area contributed by atoms with Crippen molar-refractivity contribution in [2.75, 3.05) is 0 Å². The zero-order chi connectivity index (χ0) is 13.9. The Morgan fingerprint density at radius 1 is 1.35 bits per heavy atom. The molecule has 0 aliphatic carbocycles. The number of nitrogens with one attached hydrogen (secondary N) is 2. The molecule has 0 spiro atoms. The minimum absolute atomic E-state index is 0.290. The van der Waals surface area contributed by atoms with Crippen molar-refractivity contribution in [1.29, 1.82) is 0 Å². The highest BCUT2D eigenvalue weighted by Gasteiger charge is 2.08. The van der Waals surface area contributed by atoms with Crippen LogP contribution in [-0.4, -0.2) is 17.1 Å². The highest BCUT2D eigenvalue weighted by atomic mass is 16.3. The summed E-state index contributed by atoms with van der Waals surface area (Å²) < 4.78 is 5.07. The van der Waals surface area contributed by atoms with E-state index in [1.807, 2.05) is 25.1 Å². The third kappa shape index (κ3) is 2.47. The molecule has 0 fully saturated rings. The molecular formula is C15H13N3O2. The van der Waals surface area contributed by atoms with Crippen LogP contribution in [0.4, 0.5) is 0 Å². The van der Waals surface area contributed by atoms with E-state index in [2.05, 4.69) is 15.5 Å². The molecule has 0 saturated heterocycles. The lowest BCUT2D eigenvalue weighted by molar-refractivity contribution is 0.0951. The average Bonchev–Trinajstić information content (AvgIpc) is 3.06. The van der Waals surface area contributed by atoms with Crippen molar-refractivity contribution >= 4 is 23.0 Å². The van der Waals surface area contributed by atoms with Gasteiger partial charge in [0.25, 0.3) is 5.91 Å². The van der Waals surface area contributed by atoms with Crippen molar-refractivity contribution in [3.63, 3.8) is 0 Å². The quantitative estimate of drug-likeness (QED) is 0.566. The fourth-order valence-corrected chi connectivity index (χ4v) is 1.95. The zero-order valence-corrected chi connectivity index (χ0v) is 10.9. The van der Waals surface area contributed by atoms with E-state index in [1.165, 1.54) is 6.21 Å². The van der Waals surface area contributed by atoms with Gasteiger partial charge in [-0.1, -0.05) is 11.6 Å². The molecule has 5 nitrogen and oxygen atoms in total. The van der Waals surface area contributed by atoms with Gasteiger partial charge in [0.2, 0.25) is 0 Å². The van der Waals surface area contributed by atoms with Gasteiger partial charge in [-0.15, -0.1) is 0 Å². The highest BCUT2D eigenvalue weighted by molar-refractivity contribution is 5.98. The molecule has 1 amide bonds. The minimum atomic E-state index is -0.290. The first kappa shape index (κ1) is 12.2. The second-order valence-electron chi connectivity index (χ2n) is 4.49. The van der Waals surface area contributed by atoms with E-state index < -0.39 is 0 Å². The molecule has 0 saturated carbocycles. The molecule has 3 rings (SSSR count). The van der Waals surface area contributed by atoms with Gasteiger partial charge in [0, 0.05) is 10.9 Å². The number of rotatable bonds is 3. The van der Waals surface area contributed by atoms with Crippen LogP contribution in [0.2, 0.25) is 0 Å². The largest absolute Gasteiger partial charge is 0.463 e. The molecule has 0 atom stereocenters. The first-order chi connectivity index (χ1) is 9.72. The Morgan fingerprint density at radius 3 is 3.05 bits per heavy atom. The molecule has 0 radical (unpaired) electrons. The second-order valence-corrected chi connectivity index (χ2v) is 4.49. The van der Waals surface area contributed by atoms with Crippen LogP contribution in [0.5, 0.6) is 0 Å². The standard InChI is InChI=1S/C15H13N3O2/c1-10-4-5-13-11(7-10)8-14(17-13)15(19)18-16-9-12-3-2-6-20-12/h2-9,17H,1H3,(H,18,19)/b16-9+. The van der Waals surface area contributed by atoms with E-state index in [1.54, 1.807) is 24.5 Å². The maximum Gasteiger partial charge on any atom is 0.287 e. The molecule has 0 aliphatic rings. The SMILES string of the molecule is Cc1ccc2[nH]c(C(=O)N/N=C/c3ccco3)cc2c1. The van der Waals surface area contributed by atoms with Gasteiger partial charge >= 0.3 is 0 Å². The molecule has 0 unspecified atom stereocenters. The van der Waals surface area contributed by atoms with E-state index in [4.69, 9.17) is 4.42 Å². The predicted octanol–water partition coefficient (Wildman–Crippen LogP) is 2.83. The first-order valence-corrected chi connectivity index (χ1v) is 6.19. The molecule has 0 aliphatic heterocycles. The summed E-state index contributed by atoms with van der Waals surface area (Å²) in [6.07, 6.45) is 2.99. The lowest BCUT2D eigenvalue weighted by Crippen LogP contribution is -2.17. The zero-order valence-electron chi connectivity index (χ0n) is 10.9. The van der Waals surface area contributed by atoms with Crippen molar-refractivity contribution in [1.82, 2.24) is 10.4 Å². The molecule has 0 bridgehead atoms. The van der Waals surface area contributed by atoms with Crippen LogP contribution in [0.15, 0.2) is 52.2 Å². The number of H-pyrrole nitrogens is 1. The van der Waals surface area contributed by atoms with Crippen LogP contribution in [0, 0.1) is 6.92 Å². The summed E-state index contributed by atoms with van der Waals surface area (Å²) in [5.41, 5.74) is 5.01. The van der Waals surface area contributed by atoms with E-state index >= 15 is 0 Å². The molecule has 5 heteroatoms. The Balaban J connectivity index is 1.75. The number of aromatic amines is 1. The Morgan fingerprint density at radius 2 is 2.25 bits per heavy atom. The minimum Gasteiger partial charge on any atom is -0.463 e. The average molecular weight is 267 g/mol. The summed E-state index contributed by atoms with van der Waals surface area (Å²) in [7, 11) is 0. The number of carbonyl (C=O) groups is 1. The third-order valence-electron chi connectivity index (χ3n) is 2.92. The maximum absolute atomic E-state index is 11.9. The molecule has 20 heavy (non-hydrogen) atoms. The summed E-state index contributed by atoms with van der Waals surface area (Å²) in [4.78, 5) is 15.0. The molecule has 100 valence electrons. The summed E-state index contributed by atoms with van der Waals surface area (Å²) >= 11 is 0. The molecule has 2 N–H and O–H groups in total. The predicted molar refractivity (Wildman–Crippen MR) is 76.8 cm³/mol. The van der Waals surface area contributed by atoms with Crippen molar-refractivity contribution in [2.24, 2.45) is 5.10 Å². The molecular weight excluding hydrogens is 254 g/mol. The van der Waals surface area contributed by atoms with E-state index in [0.717, 1.165) is 16.5 Å². The number of hydrazone groups is 1. The number of amides is 1. The van der Waals surface area contributed by atoms with Crippen molar-refractivity contribution in [3.05, 3.63) is 59.7 Å². The van der Waals surface area contributed by atoms with Crippen molar-refractivity contribution in [2.45, 2.75) is 6.92 Å². The fourth-order valence-electron chi connectivity index (χ4n) is 1.95. The fraction of sp³-hybridized carbons (Fsp3) is 0.0667. The van der Waals surface area contributed by atoms with Crippen molar-refractivity contribution < 1.29 is 9.21 Å². The van der Waals surface area contributed by atoms with Gasteiger partial charge in [-0.3, -0.25) is 4.79 Å². The summed E-state index contributed by atoms with van der Waals surface area (Å²) in [6.45, 7) is 2.01. The lowest BCUT2D eigenvalue weighted by atomic mass is 10.2. The molecule has 2 heterocycles. The lowest BCUT2D eigenvalue weighted by Gasteiger charge is -1.94. The maximum atomic E-state index is 11.9. The molecule has 2 aromatic heterocycles. The van der Waals surface area contributed by atoms with Crippen LogP contribution in [0.25, 0.3) is 10.9 Å². The third-order valence-corrected chi connectivity index (χ3v) is 2.92. The van der Waals surface area contributed by atoms with Crippen LogP contribution >= 0.6 is 0 Å². The Kier molecular flexibility index (Phi) is 3.09. The summed E-state index contributed by atoms with van der Waals surface area (Å²) in [5, 5.41) is 4.84. The Bertz CT molecular complexity index is 770. The van der Waals surface area contributed by atoms with E-state index in [9.17, 15) is 4.79 Å². The Hall–Kier alpha value is -2.82. The number of hydrogen-bond donors (Lipinski definition) is 2. The van der Waals surface area contributed by atoms with Gasteiger partial charge in [0.05, 0.1) is 12.5 Å². The number of nitrogens with zero attached hydrogens (tertiary/aromatic N) is 1. The van der Waals surface area contributed by atoms with Gasteiger partial charge in [-0.05, 0) is 37.3 Å². The van der Waals surface area contributed by atoms with Gasteiger partial charge in [-0.2, -0.15) is 5.10 Å². The van der Waals surface area contributed by atoms with E-state index in [0.29, 0.717) is 11.5 Å². The number of furan rings is 1. The normalized spacial score (nSPS) is 11.2. The number of aryl methyl sites for hydroxylation is 1. The highest BCUT2D eigenvalue weighted by Crippen LogP contribution is 2.16. The van der Waals surface area contributed by atoms with E-state index in [-0.39, 0.29) is 5.91 Å². The second kappa shape index (κ2) is 5.05. The van der Waals surface area contributed by atoms with Gasteiger partial charge in [0.1, 0.15) is 11.5 Å². The van der Waals surface area contributed by atoms with Gasteiger partial charge in [-0.25, -0.2) is 5.43 Å². The van der Waals surface area contributed by atoms with Crippen LogP contribution < -0.4 is 5.43 Å². The number of benzene rings is 1. The number of fused-ring (bicyclic) bond motifs is 1. The summed E-state index contributed by atoms with van der Waals surface area (Å²) in [6, 6.07) is 11.3. The van der Waals surface area contributed by atoms with Crippen molar-refractivity contribution in [3.8, 4) is 0 Å². The van der Waals surface area contributed by atoms with Gasteiger partial charge in [0.15, 0.2) is 0 Å². The summed E-state index contributed by atoms with van der Waals surface area (Å²) in [5.74, 6) is 0.291. The van der Waals surface area contributed by atoms with Gasteiger partial charge < -0.3 is 9.40 Å². The molecule has 1 aromatic carbocycles. The monoisotopic (exact) mass is 267 g/mol. The molecule has 3 aromatic rings. The number of carbonyl (C=O) groups excluding carboxylic acids is 1. The number of hydrogen-bond acceptors (Lipinski definition) is 3. The Labute approximate surface area is 115 Å². The van der Waals surface area contributed by atoms with Crippen LogP contribution in [-0.2, 0) is 0 Å². The number of aromatic nitrogens is 1. The van der Waals surface area contributed by atoms with Crippen LogP contribution in [0.1, 0.15) is 21.8 Å². The topological polar surface area (TPSA) is 70.4 Å². The first-order valence-electron chi connectivity index (χ1n) is 6.19. The van der Waals surface area contributed by atoms with Crippen LogP contribution in [0.3, 0.4) is 0 Å².